The van der Waals surface area contributed by atoms with Gasteiger partial charge in [0, 0.05) is 5.39 Å². The number of amides is 1. The fourth-order valence-electron chi connectivity index (χ4n) is 2.52. The number of nitrogens with one attached hydrogen (secondary N) is 1. The van der Waals surface area contributed by atoms with Crippen molar-refractivity contribution in [2.24, 2.45) is 5.10 Å². The predicted octanol–water partition coefficient (Wildman–Crippen LogP) is 2.83. The summed E-state index contributed by atoms with van der Waals surface area (Å²) in [4.78, 5) is 22.7. The highest BCUT2D eigenvalue weighted by Crippen LogP contribution is 2.37. The minimum absolute atomic E-state index is 0.00409. The molecule has 0 fully saturated rings. The Hall–Kier alpha value is -3.88. The van der Waals surface area contributed by atoms with Crippen LogP contribution in [0.5, 0.6) is 11.5 Å². The minimum Gasteiger partial charge on any atom is -0.454 e. The fourth-order valence-corrected chi connectivity index (χ4v) is 2.52. The molecule has 3 aromatic rings. The summed E-state index contributed by atoms with van der Waals surface area (Å²) in [6, 6.07) is 11.5. The molecule has 130 valence electrons. The molecule has 1 N–H and O–H groups in total. The number of para-hydroxylation sites is 1. The highest BCUT2D eigenvalue weighted by Gasteiger charge is 2.22. The molecule has 4 rings (SSSR count). The zero-order chi connectivity index (χ0) is 18.1. The van der Waals surface area contributed by atoms with Gasteiger partial charge in [-0.25, -0.2) is 5.43 Å². The number of carbonyl (C=O) groups excluding carboxylic acids is 1. The molecular weight excluding hydrogens is 342 g/mol. The fraction of sp³-hybridized carbons (Fsp3) is 0.0588. The Morgan fingerprint density at radius 1 is 1.19 bits per heavy atom. The van der Waals surface area contributed by atoms with E-state index >= 15 is 0 Å². The van der Waals surface area contributed by atoms with Gasteiger partial charge in [0.1, 0.15) is 5.58 Å². The molecule has 2 heterocycles. The molecule has 0 unspecified atom stereocenters. The molecule has 0 radical (unpaired) electrons. The van der Waals surface area contributed by atoms with Crippen LogP contribution in [0.2, 0.25) is 0 Å². The van der Waals surface area contributed by atoms with Crippen LogP contribution in [0, 0.1) is 10.1 Å². The number of hydrogen-bond donors (Lipinski definition) is 1. The zero-order valence-corrected chi connectivity index (χ0v) is 13.2. The predicted molar refractivity (Wildman–Crippen MR) is 90.5 cm³/mol. The van der Waals surface area contributed by atoms with E-state index in [1.807, 2.05) is 12.1 Å². The zero-order valence-electron chi connectivity index (χ0n) is 13.2. The first-order chi connectivity index (χ1) is 12.6. The van der Waals surface area contributed by atoms with Crippen LogP contribution in [0.15, 0.2) is 52.0 Å². The third-order valence-electron chi connectivity index (χ3n) is 3.74. The third-order valence-corrected chi connectivity index (χ3v) is 3.74. The van der Waals surface area contributed by atoms with E-state index in [1.165, 1.54) is 18.3 Å². The summed E-state index contributed by atoms with van der Waals surface area (Å²) in [5, 5.41) is 15.7. The molecule has 0 spiro atoms. The van der Waals surface area contributed by atoms with Crippen molar-refractivity contribution in [2.45, 2.75) is 0 Å². The highest BCUT2D eigenvalue weighted by atomic mass is 16.7. The van der Waals surface area contributed by atoms with E-state index in [0.29, 0.717) is 17.1 Å². The molecule has 2 aromatic carbocycles. The molecule has 1 aliphatic heterocycles. The van der Waals surface area contributed by atoms with Gasteiger partial charge in [-0.1, -0.05) is 18.2 Å². The standard InChI is InChI=1S/C17H11N3O6/c21-17(16-5-10-3-1-2-4-13(10)26-16)19-18-8-11-6-14-15(25-9-24-14)7-12(11)20(22)23/h1-8H,9H2,(H,19,21)/b18-8-. The van der Waals surface area contributed by atoms with Crippen LogP contribution < -0.4 is 14.9 Å². The third kappa shape index (κ3) is 2.81. The van der Waals surface area contributed by atoms with Crippen LogP contribution >= 0.6 is 0 Å². The maximum Gasteiger partial charge on any atom is 0.307 e. The number of nitrogens with zero attached hydrogens (tertiary/aromatic N) is 2. The van der Waals surface area contributed by atoms with E-state index in [4.69, 9.17) is 13.9 Å². The first-order valence-corrected chi connectivity index (χ1v) is 7.52. The van der Waals surface area contributed by atoms with Crippen molar-refractivity contribution in [3.8, 4) is 11.5 Å². The normalized spacial score (nSPS) is 12.6. The van der Waals surface area contributed by atoms with E-state index in [9.17, 15) is 14.9 Å². The number of fused-ring (bicyclic) bond motifs is 2. The molecular formula is C17H11N3O6. The van der Waals surface area contributed by atoms with Gasteiger partial charge in [0.15, 0.2) is 17.3 Å². The number of hydrazone groups is 1. The van der Waals surface area contributed by atoms with Gasteiger partial charge in [-0.15, -0.1) is 0 Å². The van der Waals surface area contributed by atoms with Crippen LogP contribution in [-0.2, 0) is 0 Å². The summed E-state index contributed by atoms with van der Waals surface area (Å²) in [6.45, 7) is -0.00409. The lowest BCUT2D eigenvalue weighted by Crippen LogP contribution is -2.16. The molecule has 0 saturated carbocycles. The van der Waals surface area contributed by atoms with Crippen LogP contribution in [0.25, 0.3) is 11.0 Å². The highest BCUT2D eigenvalue weighted by molar-refractivity contribution is 5.97. The van der Waals surface area contributed by atoms with Gasteiger partial charge in [-0.05, 0) is 18.2 Å². The first kappa shape index (κ1) is 15.6. The Balaban J connectivity index is 1.55. The minimum atomic E-state index is -0.569. The topological polar surface area (TPSA) is 116 Å². The van der Waals surface area contributed by atoms with Crippen molar-refractivity contribution >= 4 is 28.8 Å². The van der Waals surface area contributed by atoms with Crippen LogP contribution in [0.1, 0.15) is 16.1 Å². The lowest BCUT2D eigenvalue weighted by molar-refractivity contribution is -0.385. The van der Waals surface area contributed by atoms with Crippen molar-refractivity contribution < 1.29 is 23.6 Å². The molecule has 0 saturated heterocycles. The first-order valence-electron chi connectivity index (χ1n) is 7.52. The van der Waals surface area contributed by atoms with E-state index in [-0.39, 0.29) is 23.8 Å². The molecule has 0 bridgehead atoms. The lowest BCUT2D eigenvalue weighted by Gasteiger charge is -2.00. The van der Waals surface area contributed by atoms with Gasteiger partial charge in [0.05, 0.1) is 22.8 Å². The number of hydrogen-bond acceptors (Lipinski definition) is 7. The quantitative estimate of drug-likeness (QED) is 0.438. The lowest BCUT2D eigenvalue weighted by atomic mass is 10.1. The SMILES string of the molecule is O=C(N/N=C\c1cc2c(cc1[N+](=O)[O-])OCO2)c1cc2ccccc2o1. The van der Waals surface area contributed by atoms with E-state index < -0.39 is 10.8 Å². The Morgan fingerprint density at radius 2 is 1.96 bits per heavy atom. The van der Waals surface area contributed by atoms with Crippen molar-refractivity contribution in [1.29, 1.82) is 0 Å². The second-order valence-corrected chi connectivity index (χ2v) is 5.37. The second-order valence-electron chi connectivity index (χ2n) is 5.37. The maximum atomic E-state index is 12.1. The van der Waals surface area contributed by atoms with Gasteiger partial charge >= 0.3 is 5.91 Å². The summed E-state index contributed by atoms with van der Waals surface area (Å²) in [6.07, 6.45) is 1.17. The summed E-state index contributed by atoms with van der Waals surface area (Å²) in [5.41, 5.74) is 2.82. The van der Waals surface area contributed by atoms with Crippen LogP contribution in [0.4, 0.5) is 5.69 Å². The van der Waals surface area contributed by atoms with Crippen molar-refractivity contribution in [2.75, 3.05) is 6.79 Å². The summed E-state index contributed by atoms with van der Waals surface area (Å²) < 4.78 is 15.7. The number of benzene rings is 2. The smallest absolute Gasteiger partial charge is 0.307 e. The van der Waals surface area contributed by atoms with Crippen LogP contribution in [-0.4, -0.2) is 23.8 Å². The molecule has 1 amide bonds. The second kappa shape index (κ2) is 6.20. The number of nitro groups is 1. The summed E-state index contributed by atoms with van der Waals surface area (Å²) >= 11 is 0. The molecule has 0 atom stereocenters. The Bertz CT molecular complexity index is 1020. The molecule has 1 aromatic heterocycles. The van der Waals surface area contributed by atoms with Crippen LogP contribution in [0.3, 0.4) is 0 Å². The average molecular weight is 353 g/mol. The molecule has 0 aliphatic carbocycles. The number of nitro benzene ring substituents is 1. The molecule has 9 nitrogen and oxygen atoms in total. The van der Waals surface area contributed by atoms with Gasteiger partial charge in [-0.2, -0.15) is 5.10 Å². The molecule has 1 aliphatic rings. The molecule has 9 heteroatoms. The van der Waals surface area contributed by atoms with E-state index in [1.54, 1.807) is 18.2 Å². The Labute approximate surface area is 146 Å². The van der Waals surface area contributed by atoms with E-state index in [2.05, 4.69) is 10.5 Å². The Kier molecular flexibility index (Phi) is 3.73. The average Bonchev–Trinajstić information content (AvgIpc) is 3.26. The van der Waals surface area contributed by atoms with Crippen molar-refractivity contribution in [3.05, 3.63) is 63.9 Å². The largest absolute Gasteiger partial charge is 0.454 e. The van der Waals surface area contributed by atoms with Gasteiger partial charge in [-0.3, -0.25) is 14.9 Å². The number of ether oxygens (including phenoxy) is 2. The van der Waals surface area contributed by atoms with Gasteiger partial charge in [0.2, 0.25) is 6.79 Å². The number of carbonyl (C=O) groups is 1. The summed E-state index contributed by atoms with van der Waals surface area (Å²) in [5.74, 6) is 0.185. The van der Waals surface area contributed by atoms with Gasteiger partial charge < -0.3 is 13.9 Å². The Morgan fingerprint density at radius 3 is 2.73 bits per heavy atom. The van der Waals surface area contributed by atoms with E-state index in [0.717, 1.165) is 5.39 Å². The summed E-state index contributed by atoms with van der Waals surface area (Å²) in [7, 11) is 0. The molecule has 26 heavy (non-hydrogen) atoms. The van der Waals surface area contributed by atoms with Crippen molar-refractivity contribution in [1.82, 2.24) is 5.43 Å². The van der Waals surface area contributed by atoms with Crippen molar-refractivity contribution in [3.63, 3.8) is 0 Å². The number of furan rings is 1. The number of rotatable bonds is 4. The monoisotopic (exact) mass is 353 g/mol. The maximum absolute atomic E-state index is 12.1. The van der Waals surface area contributed by atoms with Gasteiger partial charge in [0.25, 0.3) is 5.69 Å².